The molecule has 2 atom stereocenters. The number of fused-ring (bicyclic) bond motifs is 1. The molecule has 0 saturated heterocycles. The van der Waals surface area contributed by atoms with Gasteiger partial charge in [-0.2, -0.15) is 5.10 Å². The van der Waals surface area contributed by atoms with E-state index in [1.807, 2.05) is 60.8 Å². The number of anilines is 2. The second-order valence-corrected chi connectivity index (χ2v) is 8.84. The Balaban J connectivity index is 1.73. The van der Waals surface area contributed by atoms with Crippen LogP contribution in [0.25, 0.3) is 11.3 Å². The predicted molar refractivity (Wildman–Crippen MR) is 134 cm³/mol. The van der Waals surface area contributed by atoms with E-state index in [0.29, 0.717) is 6.54 Å². The molecule has 0 spiro atoms. The summed E-state index contributed by atoms with van der Waals surface area (Å²) in [5, 5.41) is 8.01. The van der Waals surface area contributed by atoms with Crippen molar-refractivity contribution < 1.29 is 4.79 Å². The maximum Gasteiger partial charge on any atom is 0.229 e. The first kappa shape index (κ1) is 22.6. The molecule has 0 saturated carbocycles. The van der Waals surface area contributed by atoms with Gasteiger partial charge in [0.2, 0.25) is 5.91 Å². The van der Waals surface area contributed by atoms with Gasteiger partial charge in [0.05, 0.1) is 18.3 Å². The van der Waals surface area contributed by atoms with Gasteiger partial charge in [0.15, 0.2) is 0 Å². The normalized spacial score (nSPS) is 17.3. The smallest absolute Gasteiger partial charge is 0.229 e. The van der Waals surface area contributed by atoms with Gasteiger partial charge in [-0.25, -0.2) is 0 Å². The number of nitrogens with zero attached hydrogens (tertiary/aromatic N) is 3. The molecule has 33 heavy (non-hydrogen) atoms. The summed E-state index contributed by atoms with van der Waals surface area (Å²) in [4.78, 5) is 15.1. The second kappa shape index (κ2) is 9.51. The number of benzene rings is 2. The maximum atomic E-state index is 13.1. The minimum absolute atomic E-state index is 0.0660. The van der Waals surface area contributed by atoms with Crippen LogP contribution < -0.4 is 16.0 Å². The van der Waals surface area contributed by atoms with Crippen molar-refractivity contribution in [2.75, 3.05) is 16.8 Å². The molecule has 0 bridgehead atoms. The third-order valence-corrected chi connectivity index (χ3v) is 6.09. The van der Waals surface area contributed by atoms with E-state index in [4.69, 9.17) is 5.73 Å². The van der Waals surface area contributed by atoms with E-state index in [9.17, 15) is 4.79 Å². The molecular weight excluding hydrogens is 410 g/mol. The molecule has 1 aliphatic heterocycles. The van der Waals surface area contributed by atoms with Crippen LogP contribution in [0, 0.1) is 17.8 Å². The van der Waals surface area contributed by atoms with Gasteiger partial charge in [-0.3, -0.25) is 9.48 Å². The number of carbonyl (C=O) groups excluding carboxylic acids is 1. The summed E-state index contributed by atoms with van der Waals surface area (Å²) >= 11 is 0. The highest BCUT2D eigenvalue weighted by Gasteiger charge is 2.35. The van der Waals surface area contributed by atoms with Crippen molar-refractivity contribution in [3.8, 4) is 23.1 Å². The van der Waals surface area contributed by atoms with Crippen LogP contribution in [0.5, 0.6) is 0 Å². The van der Waals surface area contributed by atoms with Crippen LogP contribution in [0.2, 0.25) is 0 Å². The Morgan fingerprint density at radius 1 is 1.21 bits per heavy atom. The lowest BCUT2D eigenvalue weighted by Gasteiger charge is -2.41. The Morgan fingerprint density at radius 2 is 1.97 bits per heavy atom. The quantitative estimate of drug-likeness (QED) is 0.591. The third kappa shape index (κ3) is 4.64. The van der Waals surface area contributed by atoms with Gasteiger partial charge in [0.25, 0.3) is 0 Å². The van der Waals surface area contributed by atoms with E-state index >= 15 is 0 Å². The van der Waals surface area contributed by atoms with Crippen LogP contribution in [0.4, 0.5) is 11.4 Å². The van der Waals surface area contributed by atoms with Crippen LogP contribution >= 0.6 is 0 Å². The fraction of sp³-hybridized carbons (Fsp3) is 0.333. The maximum absolute atomic E-state index is 13.1. The van der Waals surface area contributed by atoms with Gasteiger partial charge in [0, 0.05) is 47.7 Å². The molecule has 0 unspecified atom stereocenters. The molecule has 0 fully saturated rings. The number of amides is 1. The summed E-state index contributed by atoms with van der Waals surface area (Å²) in [7, 11) is 1.94. The molecule has 0 aliphatic carbocycles. The fourth-order valence-corrected chi connectivity index (χ4v) is 4.44. The van der Waals surface area contributed by atoms with Gasteiger partial charge >= 0.3 is 0 Å². The van der Waals surface area contributed by atoms with Gasteiger partial charge in [0.1, 0.15) is 0 Å². The predicted octanol–water partition coefficient (Wildman–Crippen LogP) is 4.33. The van der Waals surface area contributed by atoms with Crippen LogP contribution in [-0.4, -0.2) is 28.3 Å². The Bertz CT molecular complexity index is 1200. The summed E-state index contributed by atoms with van der Waals surface area (Å²) in [5.74, 6) is 6.03. The first-order valence-electron chi connectivity index (χ1n) is 11.4. The lowest BCUT2D eigenvalue weighted by atomic mass is 9.88. The van der Waals surface area contributed by atoms with Crippen molar-refractivity contribution in [3.63, 3.8) is 0 Å². The molecule has 3 N–H and O–H groups in total. The molecule has 1 amide bonds. The van der Waals surface area contributed by atoms with E-state index in [1.54, 1.807) is 6.20 Å². The van der Waals surface area contributed by atoms with Crippen molar-refractivity contribution in [3.05, 3.63) is 65.9 Å². The molecular formula is C27H31N5O. The van der Waals surface area contributed by atoms with E-state index in [0.717, 1.165) is 40.2 Å². The molecule has 6 heteroatoms. The summed E-state index contributed by atoms with van der Waals surface area (Å²) in [5.41, 5.74) is 11.7. The summed E-state index contributed by atoms with van der Waals surface area (Å²) in [6, 6.07) is 16.6. The monoisotopic (exact) mass is 441 g/mol. The standard InChI is InChI=1S/C27H31N5O/c1-18(2)27(33)32-19(3)16-24(30-22-10-7-20(8-11-22)6-5-14-28)23-17-21(9-12-26(23)32)25-13-15-29-31(25)4/h7-13,15,17-19,24,30H,14,16,28H2,1-4H3/t19-,24+/m0/s1. The highest BCUT2D eigenvalue weighted by molar-refractivity contribution is 5.97. The average Bonchev–Trinajstić information content (AvgIpc) is 3.24. The molecule has 3 aromatic rings. The van der Waals surface area contributed by atoms with Crippen molar-refractivity contribution >= 4 is 17.3 Å². The van der Waals surface area contributed by atoms with E-state index in [1.165, 1.54) is 0 Å². The number of nitrogens with one attached hydrogen (secondary N) is 1. The molecule has 2 aromatic carbocycles. The molecule has 6 nitrogen and oxygen atoms in total. The Labute approximate surface area is 195 Å². The van der Waals surface area contributed by atoms with Crippen LogP contribution in [0.15, 0.2) is 54.7 Å². The van der Waals surface area contributed by atoms with Crippen LogP contribution in [-0.2, 0) is 11.8 Å². The Hall–Kier alpha value is -3.56. The van der Waals surface area contributed by atoms with Crippen molar-refractivity contribution in [2.24, 2.45) is 18.7 Å². The molecule has 4 rings (SSSR count). The van der Waals surface area contributed by atoms with Gasteiger partial charge in [-0.15, -0.1) is 0 Å². The second-order valence-electron chi connectivity index (χ2n) is 8.84. The summed E-state index contributed by atoms with van der Waals surface area (Å²) in [6.07, 6.45) is 2.62. The van der Waals surface area contributed by atoms with Crippen molar-refractivity contribution in [1.29, 1.82) is 0 Å². The number of aromatic nitrogens is 2. The molecule has 1 aliphatic rings. The first-order chi connectivity index (χ1) is 15.9. The zero-order valence-electron chi connectivity index (χ0n) is 19.7. The van der Waals surface area contributed by atoms with Crippen LogP contribution in [0.1, 0.15) is 44.4 Å². The van der Waals surface area contributed by atoms with Gasteiger partial charge < -0.3 is 16.0 Å². The summed E-state index contributed by atoms with van der Waals surface area (Å²) in [6.45, 7) is 6.39. The highest BCUT2D eigenvalue weighted by atomic mass is 16.2. The number of hydrogen-bond donors (Lipinski definition) is 2. The largest absolute Gasteiger partial charge is 0.378 e. The highest BCUT2D eigenvalue weighted by Crippen LogP contribution is 2.41. The molecule has 2 heterocycles. The Kier molecular flexibility index (Phi) is 6.52. The number of nitrogens with two attached hydrogens (primary N) is 1. The number of aryl methyl sites for hydroxylation is 1. The lowest BCUT2D eigenvalue weighted by molar-refractivity contribution is -0.122. The molecule has 170 valence electrons. The number of carbonyl (C=O) groups is 1. The Morgan fingerprint density at radius 3 is 2.61 bits per heavy atom. The molecule has 1 aromatic heterocycles. The fourth-order valence-electron chi connectivity index (χ4n) is 4.44. The zero-order valence-corrected chi connectivity index (χ0v) is 19.7. The number of hydrogen-bond acceptors (Lipinski definition) is 4. The van der Waals surface area contributed by atoms with Crippen LogP contribution in [0.3, 0.4) is 0 Å². The van der Waals surface area contributed by atoms with E-state index in [2.05, 4.69) is 47.4 Å². The van der Waals surface area contributed by atoms with E-state index < -0.39 is 0 Å². The lowest BCUT2D eigenvalue weighted by Crippen LogP contribution is -2.46. The average molecular weight is 442 g/mol. The summed E-state index contributed by atoms with van der Waals surface area (Å²) < 4.78 is 1.87. The minimum Gasteiger partial charge on any atom is -0.378 e. The first-order valence-corrected chi connectivity index (χ1v) is 11.4. The number of rotatable bonds is 4. The SMILES string of the molecule is CC(C)C(=O)N1c2ccc(-c3ccnn3C)cc2[C@H](Nc2ccc(C#CCN)cc2)C[C@@H]1C. The zero-order chi connectivity index (χ0) is 23.5. The van der Waals surface area contributed by atoms with Gasteiger partial charge in [-0.1, -0.05) is 31.8 Å². The van der Waals surface area contributed by atoms with E-state index in [-0.39, 0.29) is 23.9 Å². The van der Waals surface area contributed by atoms with Crippen molar-refractivity contribution in [2.45, 2.75) is 39.3 Å². The molecule has 0 radical (unpaired) electrons. The van der Waals surface area contributed by atoms with Crippen molar-refractivity contribution in [1.82, 2.24) is 9.78 Å². The topological polar surface area (TPSA) is 76.2 Å². The third-order valence-electron chi connectivity index (χ3n) is 6.09. The minimum atomic E-state index is -0.0660. The van der Waals surface area contributed by atoms with Gasteiger partial charge in [-0.05, 0) is 61.4 Å².